The Morgan fingerprint density at radius 1 is 0.870 bits per heavy atom. The van der Waals surface area contributed by atoms with Crippen LogP contribution in [0.2, 0.25) is 0 Å². The fraction of sp³-hybridized carbons (Fsp3) is 0.242. The van der Waals surface area contributed by atoms with Crippen LogP contribution in [-0.4, -0.2) is 42.5 Å². The number of ether oxygens (including phenoxy) is 1. The van der Waals surface area contributed by atoms with E-state index in [0.717, 1.165) is 22.1 Å². The highest BCUT2D eigenvalue weighted by Gasteiger charge is 2.27. The number of carbonyl (C=O) groups excluding carboxylic acids is 3. The van der Waals surface area contributed by atoms with Crippen molar-refractivity contribution >= 4 is 52.9 Å². The average Bonchev–Trinajstić information content (AvgIpc) is 3.01. The monoisotopic (exact) mass is 648 g/mol. The van der Waals surface area contributed by atoms with Crippen LogP contribution in [0, 0.1) is 6.92 Å². The second kappa shape index (κ2) is 17.2. The Morgan fingerprint density at radius 2 is 1.54 bits per heavy atom. The standard InChI is InChI=1S/C33H36N6O6.ClH/c1-21-17-29(40)45-28-19-24(14-15-25(21)28)37-30(41)26(13-8-16-36-32(34)35)38-31(42)27(18-22-9-4-2-5-10-22)39-33(43)44-20-23-11-6-3-7-12-23;/h2-7,9-12,14-15,17,19,26-27H,8,13,16,18,20H2,1H3,(H,37,41)(H,38,42)(H,39,43)(H4,34,35,36);1H/t26-,27-;/m1./s1. The predicted octanol–water partition coefficient (Wildman–Crippen LogP) is 3.54. The summed E-state index contributed by atoms with van der Waals surface area (Å²) in [5, 5.41) is 8.92. The Labute approximate surface area is 272 Å². The summed E-state index contributed by atoms with van der Waals surface area (Å²) in [7, 11) is 0. The first-order valence-electron chi connectivity index (χ1n) is 14.4. The molecule has 1 aromatic heterocycles. The summed E-state index contributed by atoms with van der Waals surface area (Å²) in [6.45, 7) is 2.05. The molecule has 0 radical (unpaired) electrons. The molecule has 0 unspecified atom stereocenters. The van der Waals surface area contributed by atoms with Gasteiger partial charge in [0.2, 0.25) is 11.8 Å². The first-order valence-corrected chi connectivity index (χ1v) is 14.4. The number of benzene rings is 3. The minimum Gasteiger partial charge on any atom is -0.445 e. The lowest BCUT2D eigenvalue weighted by atomic mass is 10.0. The molecule has 46 heavy (non-hydrogen) atoms. The SMILES string of the molecule is Cc1cc(=O)oc2cc(NC(=O)[C@@H](CCCN=C(N)N)NC(=O)[C@@H](Cc3ccccc3)NC(=O)OCc3ccccc3)ccc12.Cl. The number of halogens is 1. The summed E-state index contributed by atoms with van der Waals surface area (Å²) in [5.41, 5.74) is 13.4. The van der Waals surface area contributed by atoms with E-state index in [-0.39, 0.29) is 44.4 Å². The summed E-state index contributed by atoms with van der Waals surface area (Å²) in [5.74, 6) is -1.20. The van der Waals surface area contributed by atoms with Crippen LogP contribution in [0.3, 0.4) is 0 Å². The van der Waals surface area contributed by atoms with Gasteiger partial charge in [0.25, 0.3) is 0 Å². The topological polar surface area (TPSA) is 191 Å². The van der Waals surface area contributed by atoms with E-state index < -0.39 is 35.6 Å². The third-order valence-electron chi connectivity index (χ3n) is 6.90. The first kappa shape index (κ1) is 35.1. The van der Waals surface area contributed by atoms with Crippen molar-refractivity contribution in [2.45, 2.75) is 44.9 Å². The van der Waals surface area contributed by atoms with Crippen molar-refractivity contribution in [2.24, 2.45) is 16.5 Å². The molecule has 0 fully saturated rings. The van der Waals surface area contributed by atoms with Gasteiger partial charge in [0.05, 0.1) is 0 Å². The van der Waals surface area contributed by atoms with Crippen molar-refractivity contribution in [3.63, 3.8) is 0 Å². The largest absolute Gasteiger partial charge is 0.445 e. The molecule has 0 saturated heterocycles. The van der Waals surface area contributed by atoms with Crippen LogP contribution in [0.25, 0.3) is 11.0 Å². The fourth-order valence-corrected chi connectivity index (χ4v) is 4.64. The molecule has 12 nitrogen and oxygen atoms in total. The number of fused-ring (bicyclic) bond motifs is 1. The van der Waals surface area contributed by atoms with E-state index in [1.165, 1.54) is 6.07 Å². The van der Waals surface area contributed by atoms with Crippen LogP contribution in [0.15, 0.2) is 99.1 Å². The van der Waals surface area contributed by atoms with Gasteiger partial charge in [-0.1, -0.05) is 60.7 Å². The number of hydrogen-bond acceptors (Lipinski definition) is 7. The molecule has 0 aliphatic carbocycles. The lowest BCUT2D eigenvalue weighted by molar-refractivity contribution is -0.128. The number of rotatable bonds is 13. The van der Waals surface area contributed by atoms with Crippen molar-refractivity contribution in [1.29, 1.82) is 0 Å². The van der Waals surface area contributed by atoms with E-state index >= 15 is 0 Å². The second-order valence-electron chi connectivity index (χ2n) is 10.4. The quantitative estimate of drug-likeness (QED) is 0.0629. The van der Waals surface area contributed by atoms with Crippen molar-refractivity contribution < 1.29 is 23.5 Å². The molecule has 3 aromatic carbocycles. The van der Waals surface area contributed by atoms with Crippen molar-refractivity contribution in [3.8, 4) is 0 Å². The number of nitrogens with zero attached hydrogens (tertiary/aromatic N) is 1. The molecule has 3 amide bonds. The number of carbonyl (C=O) groups is 3. The molecule has 0 spiro atoms. The third-order valence-corrected chi connectivity index (χ3v) is 6.90. The van der Waals surface area contributed by atoms with Crippen molar-refractivity contribution in [1.82, 2.24) is 10.6 Å². The summed E-state index contributed by atoms with van der Waals surface area (Å²) < 4.78 is 10.7. The zero-order valence-corrected chi connectivity index (χ0v) is 26.0. The molecular formula is C33H37ClN6O6. The fourth-order valence-electron chi connectivity index (χ4n) is 4.64. The van der Waals surface area contributed by atoms with E-state index in [1.807, 2.05) is 60.7 Å². The molecule has 4 aromatic rings. The summed E-state index contributed by atoms with van der Waals surface area (Å²) in [6.07, 6.45) is -0.0695. The molecule has 0 aliphatic heterocycles. The van der Waals surface area contributed by atoms with Crippen LogP contribution in [0.5, 0.6) is 0 Å². The van der Waals surface area contributed by atoms with Gasteiger partial charge in [0.1, 0.15) is 24.3 Å². The number of guanidine groups is 1. The van der Waals surface area contributed by atoms with Gasteiger partial charge in [-0.25, -0.2) is 9.59 Å². The maximum atomic E-state index is 13.6. The lowest BCUT2D eigenvalue weighted by Crippen LogP contribution is -2.53. The van der Waals surface area contributed by atoms with Crippen LogP contribution in [-0.2, 0) is 27.4 Å². The molecule has 4 rings (SSSR count). The summed E-state index contributed by atoms with van der Waals surface area (Å²) in [6, 6.07) is 22.6. The Kier molecular flexibility index (Phi) is 13.1. The molecule has 1 heterocycles. The highest BCUT2D eigenvalue weighted by atomic mass is 35.5. The normalized spacial score (nSPS) is 11.8. The number of anilines is 1. The van der Waals surface area contributed by atoms with E-state index in [1.54, 1.807) is 25.1 Å². The van der Waals surface area contributed by atoms with Crippen LogP contribution < -0.4 is 33.0 Å². The lowest BCUT2D eigenvalue weighted by Gasteiger charge is -2.23. The molecule has 0 bridgehead atoms. The minimum absolute atomic E-state index is 0. The molecule has 2 atom stereocenters. The van der Waals surface area contributed by atoms with Gasteiger partial charge in [-0.3, -0.25) is 14.6 Å². The van der Waals surface area contributed by atoms with E-state index in [2.05, 4.69) is 20.9 Å². The number of alkyl carbamates (subject to hydrolysis) is 1. The molecule has 13 heteroatoms. The Morgan fingerprint density at radius 3 is 2.22 bits per heavy atom. The number of aryl methyl sites for hydroxylation is 1. The zero-order chi connectivity index (χ0) is 32.2. The highest BCUT2D eigenvalue weighted by Crippen LogP contribution is 2.21. The predicted molar refractivity (Wildman–Crippen MR) is 179 cm³/mol. The van der Waals surface area contributed by atoms with Crippen LogP contribution in [0.1, 0.15) is 29.5 Å². The second-order valence-corrected chi connectivity index (χ2v) is 10.4. The number of hydrogen-bond donors (Lipinski definition) is 5. The van der Waals surface area contributed by atoms with Gasteiger partial charge in [0.15, 0.2) is 5.96 Å². The first-order chi connectivity index (χ1) is 21.7. The van der Waals surface area contributed by atoms with Gasteiger partial charge in [0, 0.05) is 36.2 Å². The smallest absolute Gasteiger partial charge is 0.408 e. The summed E-state index contributed by atoms with van der Waals surface area (Å²) in [4.78, 5) is 55.7. The minimum atomic E-state index is -1.05. The van der Waals surface area contributed by atoms with E-state index in [4.69, 9.17) is 20.6 Å². The molecule has 242 valence electrons. The molecule has 7 N–H and O–H groups in total. The Bertz CT molecular complexity index is 1710. The highest BCUT2D eigenvalue weighted by molar-refractivity contribution is 5.99. The van der Waals surface area contributed by atoms with Gasteiger partial charge < -0.3 is 36.6 Å². The summed E-state index contributed by atoms with van der Waals surface area (Å²) >= 11 is 0. The zero-order valence-electron chi connectivity index (χ0n) is 25.2. The number of nitrogens with two attached hydrogens (primary N) is 2. The van der Waals surface area contributed by atoms with Crippen molar-refractivity contribution in [2.75, 3.05) is 11.9 Å². The number of aliphatic imine (C=N–C) groups is 1. The van der Waals surface area contributed by atoms with Crippen molar-refractivity contribution in [3.05, 3.63) is 112 Å². The van der Waals surface area contributed by atoms with Crippen LogP contribution in [0.4, 0.5) is 10.5 Å². The van der Waals surface area contributed by atoms with E-state index in [9.17, 15) is 19.2 Å². The third kappa shape index (κ3) is 10.7. The maximum absolute atomic E-state index is 13.6. The Balaban J connectivity index is 0.00000576. The molecular weight excluding hydrogens is 612 g/mol. The van der Waals surface area contributed by atoms with Gasteiger partial charge in [-0.05, 0) is 48.6 Å². The van der Waals surface area contributed by atoms with Crippen LogP contribution >= 0.6 is 12.4 Å². The number of amides is 3. The molecule has 0 saturated carbocycles. The molecule has 0 aliphatic rings. The number of nitrogens with one attached hydrogen (secondary N) is 3. The average molecular weight is 649 g/mol. The van der Waals surface area contributed by atoms with E-state index in [0.29, 0.717) is 17.7 Å². The maximum Gasteiger partial charge on any atom is 0.408 e. The van der Waals surface area contributed by atoms with Gasteiger partial charge in [-0.15, -0.1) is 12.4 Å². The van der Waals surface area contributed by atoms with Gasteiger partial charge in [-0.2, -0.15) is 0 Å². The Hall–Kier alpha value is -5.36. The van der Waals surface area contributed by atoms with Gasteiger partial charge >= 0.3 is 11.7 Å².